The third-order valence-electron chi connectivity index (χ3n) is 5.59. The van der Waals surface area contributed by atoms with Gasteiger partial charge in [-0.15, -0.1) is 0 Å². The second-order valence-corrected chi connectivity index (χ2v) is 7.31. The number of hydrogen-bond acceptors (Lipinski definition) is 4. The Labute approximate surface area is 137 Å². The second-order valence-electron chi connectivity index (χ2n) is 7.31. The van der Waals surface area contributed by atoms with E-state index < -0.39 is 0 Å². The van der Waals surface area contributed by atoms with Gasteiger partial charge in [0.1, 0.15) is 0 Å². The lowest BCUT2D eigenvalue weighted by Crippen LogP contribution is -2.58. The lowest BCUT2D eigenvalue weighted by Gasteiger charge is -2.43. The normalized spacial score (nSPS) is 28.7. The Kier molecular flexibility index (Phi) is 4.11. The van der Waals surface area contributed by atoms with E-state index in [2.05, 4.69) is 14.9 Å². The quantitative estimate of drug-likeness (QED) is 0.813. The first kappa shape index (κ1) is 15.1. The van der Waals surface area contributed by atoms with Crippen LogP contribution in [0.5, 0.6) is 0 Å². The summed E-state index contributed by atoms with van der Waals surface area (Å²) in [6, 6.07) is 2.37. The van der Waals surface area contributed by atoms with Crippen LogP contribution in [0.15, 0.2) is 12.3 Å². The molecule has 0 spiro atoms. The molecule has 3 saturated heterocycles. The summed E-state index contributed by atoms with van der Waals surface area (Å²) in [7, 11) is 1.89. The van der Waals surface area contributed by atoms with Gasteiger partial charge in [0.2, 0.25) is 5.91 Å². The number of aryl methyl sites for hydroxylation is 1. The zero-order valence-electron chi connectivity index (χ0n) is 13.9. The topological polar surface area (TPSA) is 50.6 Å². The van der Waals surface area contributed by atoms with E-state index >= 15 is 0 Å². The summed E-state index contributed by atoms with van der Waals surface area (Å²) < 4.78 is 7.20. The molecule has 0 saturated carbocycles. The molecule has 1 amide bonds. The first-order valence-corrected chi connectivity index (χ1v) is 8.77. The molecule has 2 atom stereocenters. The Balaban J connectivity index is 1.28. The van der Waals surface area contributed by atoms with Crippen LogP contribution in [0.4, 0.5) is 0 Å². The smallest absolute Gasteiger partial charge is 0.228 e. The largest absolute Gasteiger partial charge is 0.381 e. The zero-order chi connectivity index (χ0) is 15.8. The van der Waals surface area contributed by atoms with Crippen LogP contribution in [-0.2, 0) is 23.0 Å². The zero-order valence-corrected chi connectivity index (χ0v) is 13.9. The van der Waals surface area contributed by atoms with Gasteiger partial charge in [-0.2, -0.15) is 5.10 Å². The Bertz CT molecular complexity index is 567. The van der Waals surface area contributed by atoms with Crippen molar-refractivity contribution < 1.29 is 9.53 Å². The number of carbonyl (C=O) groups is 1. The minimum absolute atomic E-state index is 0.234. The average Bonchev–Trinajstić information content (AvgIpc) is 3.06. The molecule has 4 rings (SSSR count). The van der Waals surface area contributed by atoms with Crippen LogP contribution in [0.1, 0.15) is 18.5 Å². The van der Waals surface area contributed by atoms with Gasteiger partial charge < -0.3 is 14.5 Å². The van der Waals surface area contributed by atoms with Crippen molar-refractivity contribution in [3.63, 3.8) is 0 Å². The summed E-state index contributed by atoms with van der Waals surface area (Å²) in [6.07, 6.45) is 4.71. The van der Waals surface area contributed by atoms with Crippen molar-refractivity contribution in [3.8, 4) is 0 Å². The summed E-state index contributed by atoms with van der Waals surface area (Å²) in [5.74, 6) is 1.69. The highest BCUT2D eigenvalue weighted by Crippen LogP contribution is 2.33. The van der Waals surface area contributed by atoms with Crippen molar-refractivity contribution in [3.05, 3.63) is 18.0 Å². The van der Waals surface area contributed by atoms with Crippen LogP contribution in [-0.4, -0.2) is 70.9 Å². The minimum Gasteiger partial charge on any atom is -0.381 e. The molecule has 6 heteroatoms. The van der Waals surface area contributed by atoms with Gasteiger partial charge in [-0.25, -0.2) is 0 Å². The van der Waals surface area contributed by atoms with E-state index in [0.717, 1.165) is 44.5 Å². The second kappa shape index (κ2) is 6.24. The van der Waals surface area contributed by atoms with Gasteiger partial charge in [-0.3, -0.25) is 9.48 Å². The molecular weight excluding hydrogens is 292 g/mol. The molecule has 0 bridgehead atoms. The van der Waals surface area contributed by atoms with Crippen molar-refractivity contribution >= 4 is 5.91 Å². The number of fused-ring (bicyclic) bond motifs is 1. The fraction of sp³-hybridized carbons (Fsp3) is 0.765. The minimum atomic E-state index is 0.234. The third kappa shape index (κ3) is 3.15. The first-order valence-electron chi connectivity index (χ1n) is 8.77. The van der Waals surface area contributed by atoms with Gasteiger partial charge in [-0.05, 0) is 24.8 Å². The fourth-order valence-electron chi connectivity index (χ4n) is 4.27. The van der Waals surface area contributed by atoms with Gasteiger partial charge in [0.15, 0.2) is 0 Å². The molecule has 6 nitrogen and oxygen atoms in total. The number of ether oxygens (including phenoxy) is 1. The maximum Gasteiger partial charge on any atom is 0.228 e. The number of rotatable bonds is 4. The monoisotopic (exact) mass is 318 g/mol. The van der Waals surface area contributed by atoms with Crippen LogP contribution in [0.3, 0.4) is 0 Å². The molecule has 3 aliphatic heterocycles. The Morgan fingerprint density at radius 1 is 1.30 bits per heavy atom. The van der Waals surface area contributed by atoms with Crippen LogP contribution in [0, 0.1) is 11.8 Å². The predicted octanol–water partition coefficient (Wildman–Crippen LogP) is 0.532. The van der Waals surface area contributed by atoms with Crippen molar-refractivity contribution in [1.29, 1.82) is 0 Å². The van der Waals surface area contributed by atoms with E-state index in [-0.39, 0.29) is 5.91 Å². The van der Waals surface area contributed by atoms with E-state index in [9.17, 15) is 4.79 Å². The molecule has 126 valence electrons. The predicted molar refractivity (Wildman–Crippen MR) is 85.9 cm³/mol. The lowest BCUT2D eigenvalue weighted by atomic mass is 9.91. The Morgan fingerprint density at radius 2 is 2.13 bits per heavy atom. The molecule has 0 aromatic carbocycles. The number of aromatic nitrogens is 2. The fourth-order valence-corrected chi connectivity index (χ4v) is 4.27. The first-order chi connectivity index (χ1) is 11.2. The Morgan fingerprint density at radius 3 is 2.87 bits per heavy atom. The van der Waals surface area contributed by atoms with Crippen LogP contribution in [0.2, 0.25) is 0 Å². The SMILES string of the molecule is Cn1ccc(CC(=O)N2C[C@@H]3CN(CC4CCOCC4)C[C@@H]32)n1. The van der Waals surface area contributed by atoms with Gasteiger partial charge in [0.25, 0.3) is 0 Å². The molecule has 1 aromatic heterocycles. The molecule has 3 fully saturated rings. The summed E-state index contributed by atoms with van der Waals surface area (Å²) in [6.45, 7) is 6.16. The lowest BCUT2D eigenvalue weighted by molar-refractivity contribution is -0.140. The summed E-state index contributed by atoms with van der Waals surface area (Å²) in [5, 5.41) is 4.32. The third-order valence-corrected chi connectivity index (χ3v) is 5.59. The van der Waals surface area contributed by atoms with Crippen LogP contribution in [0.25, 0.3) is 0 Å². The van der Waals surface area contributed by atoms with Crippen molar-refractivity contribution in [2.75, 3.05) is 39.4 Å². The van der Waals surface area contributed by atoms with Crippen LogP contribution >= 0.6 is 0 Å². The van der Waals surface area contributed by atoms with E-state index in [1.807, 2.05) is 19.3 Å². The van der Waals surface area contributed by atoms with E-state index in [1.54, 1.807) is 4.68 Å². The molecule has 23 heavy (non-hydrogen) atoms. The molecule has 0 aliphatic carbocycles. The van der Waals surface area contributed by atoms with E-state index in [1.165, 1.54) is 19.4 Å². The molecule has 3 aliphatic rings. The number of carbonyl (C=O) groups excluding carboxylic acids is 1. The molecular formula is C17H26N4O2. The standard InChI is InChI=1S/C17H26N4O2/c1-19-5-2-15(18-19)8-17(22)21-11-14-10-20(12-16(14)21)9-13-3-6-23-7-4-13/h2,5,13-14,16H,3-4,6-12H2,1H3/t14-,16-/m0/s1. The van der Waals surface area contributed by atoms with Gasteiger partial charge in [0, 0.05) is 58.6 Å². The highest BCUT2D eigenvalue weighted by Gasteiger charge is 2.47. The molecule has 0 radical (unpaired) electrons. The Hall–Kier alpha value is -1.40. The summed E-state index contributed by atoms with van der Waals surface area (Å²) in [4.78, 5) is 17.1. The molecule has 0 unspecified atom stereocenters. The van der Waals surface area contributed by atoms with Gasteiger partial charge in [-0.1, -0.05) is 0 Å². The number of likely N-dealkylation sites (tertiary alicyclic amines) is 2. The number of amides is 1. The van der Waals surface area contributed by atoms with E-state index in [0.29, 0.717) is 18.4 Å². The maximum absolute atomic E-state index is 12.5. The number of hydrogen-bond donors (Lipinski definition) is 0. The van der Waals surface area contributed by atoms with Crippen LogP contribution < -0.4 is 0 Å². The van der Waals surface area contributed by atoms with Crippen molar-refractivity contribution in [2.24, 2.45) is 18.9 Å². The molecule has 1 aromatic rings. The van der Waals surface area contributed by atoms with Crippen molar-refractivity contribution in [2.45, 2.75) is 25.3 Å². The highest BCUT2D eigenvalue weighted by atomic mass is 16.5. The summed E-state index contributed by atoms with van der Waals surface area (Å²) in [5.41, 5.74) is 0.873. The van der Waals surface area contributed by atoms with E-state index in [4.69, 9.17) is 4.74 Å². The van der Waals surface area contributed by atoms with Gasteiger partial charge >= 0.3 is 0 Å². The number of nitrogens with zero attached hydrogens (tertiary/aromatic N) is 4. The molecule has 0 N–H and O–H groups in total. The molecule has 4 heterocycles. The summed E-state index contributed by atoms with van der Waals surface area (Å²) >= 11 is 0. The maximum atomic E-state index is 12.5. The average molecular weight is 318 g/mol. The van der Waals surface area contributed by atoms with Crippen molar-refractivity contribution in [1.82, 2.24) is 19.6 Å². The highest BCUT2D eigenvalue weighted by molar-refractivity contribution is 5.79. The van der Waals surface area contributed by atoms with Gasteiger partial charge in [0.05, 0.1) is 18.2 Å².